The number of hydrogen-bond donors (Lipinski definition) is 1. The zero-order valence-electron chi connectivity index (χ0n) is 11.1. The van der Waals surface area contributed by atoms with Crippen LogP contribution in [0.5, 0.6) is 0 Å². The van der Waals surface area contributed by atoms with Crippen LogP contribution < -0.4 is 5.32 Å². The van der Waals surface area contributed by atoms with Crippen molar-refractivity contribution < 1.29 is 0 Å². The molecule has 18 heavy (non-hydrogen) atoms. The van der Waals surface area contributed by atoms with Crippen LogP contribution in [0.4, 0.5) is 0 Å². The highest BCUT2D eigenvalue weighted by Gasteiger charge is 2.22. The summed E-state index contributed by atoms with van der Waals surface area (Å²) in [4.78, 5) is 4.01. The van der Waals surface area contributed by atoms with Crippen LogP contribution in [0.25, 0.3) is 0 Å². The van der Waals surface area contributed by atoms with Crippen LogP contribution >= 0.6 is 22.9 Å². The molecule has 2 heterocycles. The van der Waals surface area contributed by atoms with E-state index in [2.05, 4.69) is 23.2 Å². The van der Waals surface area contributed by atoms with Gasteiger partial charge in [-0.2, -0.15) is 0 Å². The van der Waals surface area contributed by atoms with Crippen molar-refractivity contribution in [1.29, 1.82) is 0 Å². The topological polar surface area (TPSA) is 15.3 Å². The Balaban J connectivity index is 1.86. The number of hydrogen-bond acceptors (Lipinski definition) is 3. The summed E-state index contributed by atoms with van der Waals surface area (Å²) in [6.07, 6.45) is 5.26. The van der Waals surface area contributed by atoms with Crippen molar-refractivity contribution in [3.8, 4) is 0 Å². The van der Waals surface area contributed by atoms with Crippen LogP contribution in [0, 0.1) is 0 Å². The lowest BCUT2D eigenvalue weighted by atomic mass is 10.0. The largest absolute Gasteiger partial charge is 0.315 e. The number of thiophene rings is 1. The van der Waals surface area contributed by atoms with Gasteiger partial charge in [-0.1, -0.05) is 24.9 Å². The lowest BCUT2D eigenvalue weighted by Crippen LogP contribution is -2.44. The molecule has 0 spiro atoms. The fourth-order valence-electron chi connectivity index (χ4n) is 2.58. The molecule has 0 aromatic carbocycles. The minimum absolute atomic E-state index is 0.700. The molecule has 0 aliphatic carbocycles. The minimum Gasteiger partial charge on any atom is -0.315 e. The quantitative estimate of drug-likeness (QED) is 0.801. The van der Waals surface area contributed by atoms with Crippen LogP contribution in [-0.4, -0.2) is 30.6 Å². The Morgan fingerprint density at radius 3 is 3.06 bits per heavy atom. The molecule has 2 rings (SSSR count). The van der Waals surface area contributed by atoms with Gasteiger partial charge in [-0.3, -0.25) is 4.90 Å². The highest BCUT2D eigenvalue weighted by molar-refractivity contribution is 7.16. The second-order valence-corrected chi connectivity index (χ2v) is 6.83. The molecule has 0 amide bonds. The first kappa shape index (κ1) is 14.3. The highest BCUT2D eigenvalue weighted by atomic mass is 35.5. The van der Waals surface area contributed by atoms with Gasteiger partial charge < -0.3 is 5.32 Å². The molecule has 2 nitrogen and oxygen atoms in total. The molecule has 4 heteroatoms. The number of likely N-dealkylation sites (tertiary alicyclic amines) is 1. The number of nitrogens with one attached hydrogen (secondary N) is 1. The maximum Gasteiger partial charge on any atom is 0.0931 e. The predicted molar refractivity (Wildman–Crippen MR) is 80.5 cm³/mol. The molecule has 1 saturated heterocycles. The molecule has 102 valence electrons. The van der Waals surface area contributed by atoms with Gasteiger partial charge in [-0.25, -0.2) is 0 Å². The molecule has 1 N–H and O–H groups in total. The van der Waals surface area contributed by atoms with Crippen LogP contribution in [0.1, 0.15) is 37.5 Å². The zero-order valence-corrected chi connectivity index (χ0v) is 12.7. The molecular formula is C14H23ClN2S. The van der Waals surface area contributed by atoms with Crippen molar-refractivity contribution in [1.82, 2.24) is 10.2 Å². The van der Waals surface area contributed by atoms with Crippen molar-refractivity contribution in [2.45, 2.75) is 45.2 Å². The van der Waals surface area contributed by atoms with Gasteiger partial charge in [0, 0.05) is 24.0 Å². The third-order valence-electron chi connectivity index (χ3n) is 3.54. The first-order valence-corrected chi connectivity index (χ1v) is 8.18. The van der Waals surface area contributed by atoms with E-state index in [1.54, 1.807) is 11.3 Å². The summed E-state index contributed by atoms with van der Waals surface area (Å²) in [7, 11) is 0. The van der Waals surface area contributed by atoms with E-state index in [0.29, 0.717) is 6.04 Å². The molecule has 0 radical (unpaired) electrons. The van der Waals surface area contributed by atoms with Crippen LogP contribution in [0.2, 0.25) is 4.34 Å². The Hall–Kier alpha value is -0.0900. The summed E-state index contributed by atoms with van der Waals surface area (Å²) in [5, 5.41) is 3.56. The van der Waals surface area contributed by atoms with Crippen LogP contribution in [0.15, 0.2) is 12.1 Å². The molecule has 1 aromatic rings. The summed E-state index contributed by atoms with van der Waals surface area (Å²) < 4.78 is 0.905. The van der Waals surface area contributed by atoms with Gasteiger partial charge in [0.25, 0.3) is 0 Å². The van der Waals surface area contributed by atoms with Gasteiger partial charge in [0.05, 0.1) is 4.34 Å². The second kappa shape index (κ2) is 7.49. The van der Waals surface area contributed by atoms with Gasteiger partial charge in [0.15, 0.2) is 0 Å². The molecule has 1 aliphatic rings. The molecule has 0 bridgehead atoms. The van der Waals surface area contributed by atoms with E-state index in [9.17, 15) is 0 Å². The molecule has 1 atom stereocenters. The van der Waals surface area contributed by atoms with Crippen LogP contribution in [-0.2, 0) is 6.54 Å². The van der Waals surface area contributed by atoms with Crippen molar-refractivity contribution in [3.63, 3.8) is 0 Å². The lowest BCUT2D eigenvalue weighted by molar-refractivity contribution is 0.139. The monoisotopic (exact) mass is 286 g/mol. The lowest BCUT2D eigenvalue weighted by Gasteiger charge is -2.35. The number of nitrogens with zero attached hydrogens (tertiary/aromatic N) is 1. The van der Waals surface area contributed by atoms with E-state index >= 15 is 0 Å². The number of rotatable bonds is 6. The van der Waals surface area contributed by atoms with Crippen molar-refractivity contribution >= 4 is 22.9 Å². The normalized spacial score (nSPS) is 21.3. The van der Waals surface area contributed by atoms with E-state index in [1.165, 1.54) is 37.1 Å². The van der Waals surface area contributed by atoms with Crippen molar-refractivity contribution in [2.24, 2.45) is 0 Å². The fourth-order valence-corrected chi connectivity index (χ4v) is 3.69. The Morgan fingerprint density at radius 1 is 1.44 bits per heavy atom. The summed E-state index contributed by atoms with van der Waals surface area (Å²) in [5.74, 6) is 0. The fraction of sp³-hybridized carbons (Fsp3) is 0.714. The van der Waals surface area contributed by atoms with Crippen LogP contribution in [0.3, 0.4) is 0 Å². The Morgan fingerprint density at radius 2 is 2.33 bits per heavy atom. The number of halogens is 1. The minimum atomic E-state index is 0.700. The molecular weight excluding hydrogens is 264 g/mol. The van der Waals surface area contributed by atoms with Gasteiger partial charge in [0.2, 0.25) is 0 Å². The van der Waals surface area contributed by atoms with E-state index in [-0.39, 0.29) is 0 Å². The Kier molecular flexibility index (Phi) is 5.96. The Bertz CT molecular complexity index is 353. The zero-order chi connectivity index (χ0) is 12.8. The highest BCUT2D eigenvalue weighted by Crippen LogP contribution is 2.25. The molecule has 1 aliphatic heterocycles. The summed E-state index contributed by atoms with van der Waals surface area (Å²) >= 11 is 7.72. The van der Waals surface area contributed by atoms with Crippen molar-refractivity contribution in [3.05, 3.63) is 21.3 Å². The Labute approximate surface area is 119 Å². The first-order valence-electron chi connectivity index (χ1n) is 6.98. The van der Waals surface area contributed by atoms with E-state index in [4.69, 9.17) is 11.6 Å². The first-order chi connectivity index (χ1) is 8.79. The van der Waals surface area contributed by atoms with Gasteiger partial charge >= 0.3 is 0 Å². The van der Waals surface area contributed by atoms with E-state index in [0.717, 1.165) is 24.0 Å². The maximum absolute atomic E-state index is 6.00. The summed E-state index contributed by atoms with van der Waals surface area (Å²) in [6.45, 7) is 6.78. The standard InChI is InChI=1S/C14H23ClN2S/c1-2-8-16-10-12-5-3-4-9-17(12)11-13-6-7-14(15)18-13/h6-7,12,16H,2-5,8-11H2,1H3. The summed E-state index contributed by atoms with van der Waals surface area (Å²) in [5.41, 5.74) is 0. The third kappa shape index (κ3) is 4.23. The van der Waals surface area contributed by atoms with Crippen molar-refractivity contribution in [2.75, 3.05) is 19.6 Å². The smallest absolute Gasteiger partial charge is 0.0931 e. The third-order valence-corrected chi connectivity index (χ3v) is 4.76. The molecule has 1 fully saturated rings. The summed E-state index contributed by atoms with van der Waals surface area (Å²) in [6, 6.07) is 4.87. The SMILES string of the molecule is CCCNCC1CCCCN1Cc1ccc(Cl)s1. The average molecular weight is 287 g/mol. The van der Waals surface area contributed by atoms with Gasteiger partial charge in [-0.15, -0.1) is 11.3 Å². The molecule has 1 aromatic heterocycles. The van der Waals surface area contributed by atoms with Gasteiger partial charge in [0.1, 0.15) is 0 Å². The second-order valence-electron chi connectivity index (χ2n) is 5.03. The van der Waals surface area contributed by atoms with E-state index < -0.39 is 0 Å². The predicted octanol–water partition coefficient (Wildman–Crippen LogP) is 3.76. The maximum atomic E-state index is 6.00. The average Bonchev–Trinajstić information content (AvgIpc) is 2.77. The molecule has 0 saturated carbocycles. The van der Waals surface area contributed by atoms with E-state index in [1.807, 2.05) is 6.07 Å². The van der Waals surface area contributed by atoms with Gasteiger partial charge in [-0.05, 0) is 44.5 Å². The number of piperidine rings is 1. The molecule has 1 unspecified atom stereocenters.